The zero-order valence-electron chi connectivity index (χ0n) is 14.5. The van der Waals surface area contributed by atoms with E-state index in [-0.39, 0.29) is 18.1 Å². The Morgan fingerprint density at radius 3 is 2.50 bits per heavy atom. The van der Waals surface area contributed by atoms with E-state index >= 15 is 0 Å². The Balaban J connectivity index is 0.00000243. The minimum atomic E-state index is -0.216. The number of rotatable bonds is 7. The van der Waals surface area contributed by atoms with Gasteiger partial charge in [0.05, 0.1) is 29.3 Å². The van der Waals surface area contributed by atoms with Crippen molar-refractivity contribution in [2.24, 2.45) is 0 Å². The first kappa shape index (κ1) is 20.0. The molecule has 1 aromatic heterocycles. The number of fused-ring (bicyclic) bond motifs is 1. The number of imidazole rings is 1. The molecule has 3 rings (SSSR count). The van der Waals surface area contributed by atoms with Crippen LogP contribution in [0, 0.1) is 0 Å². The Kier molecular flexibility index (Phi) is 6.83. The summed E-state index contributed by atoms with van der Waals surface area (Å²) >= 11 is 6.34. The van der Waals surface area contributed by atoms with Gasteiger partial charge in [0.25, 0.3) is 0 Å². The minimum Gasteiger partial charge on any atom is -0.490 e. The molecule has 0 spiro atoms. The van der Waals surface area contributed by atoms with Gasteiger partial charge in [0, 0.05) is 12.2 Å². The fraction of sp³-hybridized carbons (Fsp3) is 0.278. The largest absolute Gasteiger partial charge is 0.490 e. The highest BCUT2D eigenvalue weighted by Crippen LogP contribution is 2.36. The van der Waals surface area contributed by atoms with E-state index in [1.165, 1.54) is 0 Å². The summed E-state index contributed by atoms with van der Waals surface area (Å²) in [4.78, 5) is 16.8. The number of hydrogen-bond acceptors (Lipinski definition) is 4. The highest BCUT2D eigenvalue weighted by atomic mass is 35.5. The monoisotopic (exact) mass is 397 g/mol. The summed E-state index contributed by atoms with van der Waals surface area (Å²) < 4.78 is 11.2. The topological polar surface area (TPSA) is 79.1 Å². The van der Waals surface area contributed by atoms with Gasteiger partial charge in [-0.05, 0) is 49.7 Å². The molecule has 6 nitrogen and oxygen atoms in total. The molecule has 0 radical (unpaired) electrons. The van der Waals surface area contributed by atoms with Crippen LogP contribution in [0.1, 0.15) is 19.4 Å². The molecule has 0 saturated carbocycles. The number of aromatic amines is 2. The van der Waals surface area contributed by atoms with Crippen LogP contribution in [0.25, 0.3) is 11.0 Å². The smallest absolute Gasteiger partial charge is 0.323 e. The Morgan fingerprint density at radius 2 is 1.77 bits per heavy atom. The normalized spacial score (nSPS) is 10.4. The predicted molar refractivity (Wildman–Crippen MR) is 107 cm³/mol. The molecular formula is C18H21Cl2N3O3. The predicted octanol–water partition coefficient (Wildman–Crippen LogP) is 4.34. The fourth-order valence-electron chi connectivity index (χ4n) is 2.62. The van der Waals surface area contributed by atoms with Crippen LogP contribution in [-0.2, 0) is 6.54 Å². The van der Waals surface area contributed by atoms with Gasteiger partial charge in [-0.2, -0.15) is 0 Å². The second-order valence-corrected chi connectivity index (χ2v) is 5.87. The van der Waals surface area contributed by atoms with E-state index in [0.29, 0.717) is 36.3 Å². The van der Waals surface area contributed by atoms with Crippen molar-refractivity contribution in [2.45, 2.75) is 20.4 Å². The Labute approximate surface area is 162 Å². The molecule has 1 heterocycles. The molecule has 0 unspecified atom stereocenters. The summed E-state index contributed by atoms with van der Waals surface area (Å²) in [5, 5.41) is 3.84. The number of halogens is 2. The molecule has 2 aromatic carbocycles. The van der Waals surface area contributed by atoms with Gasteiger partial charge >= 0.3 is 5.69 Å². The van der Waals surface area contributed by atoms with Crippen LogP contribution in [0.5, 0.6) is 11.5 Å². The second-order valence-electron chi connectivity index (χ2n) is 5.46. The number of anilines is 1. The molecule has 0 amide bonds. The molecule has 0 saturated heterocycles. The van der Waals surface area contributed by atoms with Gasteiger partial charge in [-0.15, -0.1) is 12.4 Å². The van der Waals surface area contributed by atoms with Gasteiger partial charge in [0.15, 0.2) is 11.5 Å². The lowest BCUT2D eigenvalue weighted by atomic mass is 10.2. The lowest BCUT2D eigenvalue weighted by Crippen LogP contribution is -2.03. The highest BCUT2D eigenvalue weighted by Gasteiger charge is 2.12. The number of hydrogen-bond donors (Lipinski definition) is 3. The number of benzene rings is 2. The number of ether oxygens (including phenoxy) is 2. The quantitative estimate of drug-likeness (QED) is 0.553. The van der Waals surface area contributed by atoms with E-state index in [0.717, 1.165) is 22.3 Å². The van der Waals surface area contributed by atoms with Crippen LogP contribution < -0.4 is 20.5 Å². The van der Waals surface area contributed by atoms with Crippen LogP contribution in [-0.4, -0.2) is 23.2 Å². The van der Waals surface area contributed by atoms with Crippen LogP contribution >= 0.6 is 24.0 Å². The van der Waals surface area contributed by atoms with E-state index in [9.17, 15) is 4.79 Å². The van der Waals surface area contributed by atoms with Crippen LogP contribution in [0.2, 0.25) is 5.02 Å². The standard InChI is InChI=1S/C18H20ClN3O3.ClH/c1-3-24-16-8-11(7-13(19)17(16)25-4-2)10-20-12-5-6-14-15(9-12)22-18(23)21-14;/h5-9,20H,3-4,10H2,1-2H3,(H2,21,22,23);1H. The fourth-order valence-corrected chi connectivity index (χ4v) is 2.91. The first-order valence-corrected chi connectivity index (χ1v) is 8.52. The van der Waals surface area contributed by atoms with Gasteiger partial charge in [0.2, 0.25) is 0 Å². The van der Waals surface area contributed by atoms with Crippen molar-refractivity contribution in [3.8, 4) is 11.5 Å². The minimum absolute atomic E-state index is 0. The molecule has 0 bridgehead atoms. The highest BCUT2D eigenvalue weighted by molar-refractivity contribution is 6.32. The number of H-pyrrole nitrogens is 2. The molecule has 0 fully saturated rings. The van der Waals surface area contributed by atoms with Gasteiger partial charge in [0.1, 0.15) is 0 Å². The van der Waals surface area contributed by atoms with E-state index in [2.05, 4.69) is 15.3 Å². The van der Waals surface area contributed by atoms with Crippen molar-refractivity contribution in [1.82, 2.24) is 9.97 Å². The maximum absolute atomic E-state index is 11.3. The molecule has 8 heteroatoms. The van der Waals surface area contributed by atoms with Crippen molar-refractivity contribution in [3.63, 3.8) is 0 Å². The Hall–Kier alpha value is -2.31. The Morgan fingerprint density at radius 1 is 1.04 bits per heavy atom. The van der Waals surface area contributed by atoms with E-state index in [1.54, 1.807) is 0 Å². The molecule has 3 aromatic rings. The third-order valence-electron chi connectivity index (χ3n) is 3.67. The summed E-state index contributed by atoms with van der Waals surface area (Å²) in [7, 11) is 0. The molecule has 26 heavy (non-hydrogen) atoms. The Bertz CT molecular complexity index is 937. The lowest BCUT2D eigenvalue weighted by Gasteiger charge is -2.15. The summed E-state index contributed by atoms with van der Waals surface area (Å²) in [5.41, 5.74) is 3.19. The first-order valence-electron chi connectivity index (χ1n) is 8.14. The third-order valence-corrected chi connectivity index (χ3v) is 3.95. The molecule has 3 N–H and O–H groups in total. The second kappa shape index (κ2) is 8.87. The van der Waals surface area contributed by atoms with Crippen molar-refractivity contribution >= 4 is 40.7 Å². The zero-order valence-corrected chi connectivity index (χ0v) is 16.1. The molecule has 0 aliphatic carbocycles. The van der Waals surface area contributed by atoms with Crippen LogP contribution in [0.3, 0.4) is 0 Å². The van der Waals surface area contributed by atoms with Gasteiger partial charge in [-0.25, -0.2) is 4.79 Å². The van der Waals surface area contributed by atoms with Crippen LogP contribution in [0.4, 0.5) is 5.69 Å². The van der Waals surface area contributed by atoms with Crippen molar-refractivity contribution in [2.75, 3.05) is 18.5 Å². The molecule has 0 aliphatic rings. The molecule has 0 aliphatic heterocycles. The van der Waals surface area contributed by atoms with Crippen LogP contribution in [0.15, 0.2) is 35.1 Å². The average Bonchev–Trinajstić information content (AvgIpc) is 2.95. The molecule has 0 atom stereocenters. The number of aromatic nitrogens is 2. The third kappa shape index (κ3) is 4.45. The molecular weight excluding hydrogens is 377 g/mol. The first-order chi connectivity index (χ1) is 12.1. The summed E-state index contributed by atoms with van der Waals surface area (Å²) in [5.74, 6) is 1.21. The lowest BCUT2D eigenvalue weighted by molar-refractivity contribution is 0.287. The van der Waals surface area contributed by atoms with E-state index in [1.807, 2.05) is 44.2 Å². The summed E-state index contributed by atoms with van der Waals surface area (Å²) in [6.45, 7) is 5.44. The van der Waals surface area contributed by atoms with Gasteiger partial charge < -0.3 is 24.8 Å². The van der Waals surface area contributed by atoms with E-state index < -0.39 is 0 Å². The van der Waals surface area contributed by atoms with Gasteiger partial charge in [-0.1, -0.05) is 11.6 Å². The summed E-state index contributed by atoms with van der Waals surface area (Å²) in [6.07, 6.45) is 0. The SMILES string of the molecule is CCOc1cc(CNc2ccc3[nH]c(=O)[nH]c3c2)cc(Cl)c1OCC.Cl. The maximum atomic E-state index is 11.3. The van der Waals surface area contributed by atoms with Crippen molar-refractivity contribution < 1.29 is 9.47 Å². The molecule has 140 valence electrons. The average molecular weight is 398 g/mol. The van der Waals surface area contributed by atoms with Crippen molar-refractivity contribution in [1.29, 1.82) is 0 Å². The maximum Gasteiger partial charge on any atom is 0.323 e. The van der Waals surface area contributed by atoms with Gasteiger partial charge in [-0.3, -0.25) is 0 Å². The van der Waals surface area contributed by atoms with Crippen molar-refractivity contribution in [3.05, 3.63) is 51.4 Å². The van der Waals surface area contributed by atoms with E-state index in [4.69, 9.17) is 21.1 Å². The zero-order chi connectivity index (χ0) is 17.8. The number of nitrogens with one attached hydrogen (secondary N) is 3. The summed E-state index contributed by atoms with van der Waals surface area (Å²) in [6, 6.07) is 9.42.